The molecule has 1 aliphatic heterocycles. The number of alkyl halides is 3. The van der Waals surface area contributed by atoms with Crippen molar-refractivity contribution in [1.29, 1.82) is 0 Å². The van der Waals surface area contributed by atoms with E-state index in [2.05, 4.69) is 0 Å². The second-order valence-electron chi connectivity index (χ2n) is 4.31. The minimum Gasteiger partial charge on any atom is -0.493 e. The topological polar surface area (TPSA) is 29.5 Å². The number of rotatable bonds is 2. The molecule has 0 fully saturated rings. The molecule has 1 heterocycles. The first-order valence-corrected chi connectivity index (χ1v) is 5.40. The Morgan fingerprint density at radius 1 is 1.47 bits per heavy atom. The van der Waals surface area contributed by atoms with E-state index in [0.717, 1.165) is 6.07 Å². The maximum absolute atomic E-state index is 12.8. The van der Waals surface area contributed by atoms with Crippen molar-refractivity contribution in [3.05, 3.63) is 29.3 Å². The predicted octanol–water partition coefficient (Wildman–Crippen LogP) is 2.95. The summed E-state index contributed by atoms with van der Waals surface area (Å²) >= 11 is 0. The highest BCUT2D eigenvalue weighted by molar-refractivity contribution is 5.47. The van der Waals surface area contributed by atoms with Crippen molar-refractivity contribution in [2.75, 3.05) is 6.61 Å². The van der Waals surface area contributed by atoms with Crippen LogP contribution in [-0.4, -0.2) is 17.8 Å². The molecule has 2 rings (SSSR count). The lowest BCUT2D eigenvalue weighted by molar-refractivity contribution is -0.138. The monoisotopic (exact) mass is 246 g/mol. The van der Waals surface area contributed by atoms with Gasteiger partial charge in [-0.15, -0.1) is 0 Å². The average molecular weight is 246 g/mol. The zero-order valence-electron chi connectivity index (χ0n) is 9.29. The SMILES string of the molecule is CC(O)CC1COc2cccc(C(F)(F)F)c21. The summed E-state index contributed by atoms with van der Waals surface area (Å²) in [7, 11) is 0. The molecular formula is C12H13F3O2. The van der Waals surface area contributed by atoms with Crippen LogP contribution < -0.4 is 4.74 Å². The van der Waals surface area contributed by atoms with Crippen molar-refractivity contribution in [3.8, 4) is 5.75 Å². The Bertz CT molecular complexity index is 413. The van der Waals surface area contributed by atoms with E-state index in [0.29, 0.717) is 0 Å². The van der Waals surface area contributed by atoms with Gasteiger partial charge in [-0.25, -0.2) is 0 Å². The van der Waals surface area contributed by atoms with Gasteiger partial charge in [-0.3, -0.25) is 0 Å². The van der Waals surface area contributed by atoms with E-state index < -0.39 is 17.8 Å². The van der Waals surface area contributed by atoms with E-state index in [1.807, 2.05) is 0 Å². The van der Waals surface area contributed by atoms with Crippen LogP contribution in [0.25, 0.3) is 0 Å². The minimum atomic E-state index is -4.38. The maximum Gasteiger partial charge on any atom is 0.416 e. The van der Waals surface area contributed by atoms with E-state index in [9.17, 15) is 18.3 Å². The first kappa shape index (κ1) is 12.2. The van der Waals surface area contributed by atoms with E-state index >= 15 is 0 Å². The van der Waals surface area contributed by atoms with Crippen LogP contribution in [-0.2, 0) is 6.18 Å². The lowest BCUT2D eigenvalue weighted by Gasteiger charge is -2.16. The Morgan fingerprint density at radius 2 is 2.18 bits per heavy atom. The second-order valence-corrected chi connectivity index (χ2v) is 4.31. The normalized spacial score (nSPS) is 20.9. The standard InChI is InChI=1S/C12H13F3O2/c1-7(16)5-8-6-17-10-4-2-3-9(11(8)10)12(13,14)15/h2-4,7-8,16H,5-6H2,1H3. The number of ether oxygens (including phenoxy) is 1. The Morgan fingerprint density at radius 3 is 2.76 bits per heavy atom. The summed E-state index contributed by atoms with van der Waals surface area (Å²) in [5.41, 5.74) is -0.473. The third kappa shape index (κ3) is 2.39. The summed E-state index contributed by atoms with van der Waals surface area (Å²) in [5, 5.41) is 9.30. The van der Waals surface area contributed by atoms with Crippen molar-refractivity contribution < 1.29 is 23.0 Å². The van der Waals surface area contributed by atoms with Crippen LogP contribution in [0, 0.1) is 0 Å². The lowest BCUT2D eigenvalue weighted by atomic mass is 9.91. The molecule has 1 aliphatic rings. The maximum atomic E-state index is 12.8. The number of benzene rings is 1. The Hall–Kier alpha value is -1.23. The molecular weight excluding hydrogens is 233 g/mol. The van der Waals surface area contributed by atoms with Gasteiger partial charge in [0.1, 0.15) is 5.75 Å². The fourth-order valence-corrected chi connectivity index (χ4v) is 2.21. The molecule has 0 bridgehead atoms. The molecule has 0 saturated heterocycles. The molecule has 1 aromatic rings. The molecule has 2 atom stereocenters. The number of aliphatic hydroxyl groups excluding tert-OH is 1. The molecule has 1 aromatic carbocycles. The van der Waals surface area contributed by atoms with Crippen LogP contribution in [0.3, 0.4) is 0 Å². The number of hydrogen-bond acceptors (Lipinski definition) is 2. The third-order valence-corrected chi connectivity index (χ3v) is 2.85. The van der Waals surface area contributed by atoms with Crippen molar-refractivity contribution in [2.45, 2.75) is 31.5 Å². The van der Waals surface area contributed by atoms with E-state index in [1.165, 1.54) is 12.1 Å². The molecule has 0 aromatic heterocycles. The summed E-state index contributed by atoms with van der Waals surface area (Å²) < 4.78 is 43.7. The van der Waals surface area contributed by atoms with Gasteiger partial charge in [-0.1, -0.05) is 6.07 Å². The molecule has 0 amide bonds. The summed E-state index contributed by atoms with van der Waals surface area (Å²) in [5.74, 6) is -0.103. The van der Waals surface area contributed by atoms with E-state index in [1.54, 1.807) is 6.92 Å². The van der Waals surface area contributed by atoms with Gasteiger partial charge in [0, 0.05) is 11.5 Å². The van der Waals surface area contributed by atoms with Crippen LogP contribution in [0.15, 0.2) is 18.2 Å². The van der Waals surface area contributed by atoms with E-state index in [-0.39, 0.29) is 30.3 Å². The van der Waals surface area contributed by atoms with Crippen molar-refractivity contribution in [2.24, 2.45) is 0 Å². The molecule has 1 N–H and O–H groups in total. The molecule has 94 valence electrons. The molecule has 0 saturated carbocycles. The summed E-state index contributed by atoms with van der Waals surface area (Å²) in [6.45, 7) is 1.77. The zero-order valence-corrected chi connectivity index (χ0v) is 9.29. The molecule has 17 heavy (non-hydrogen) atoms. The Labute approximate surface area is 97.0 Å². The number of fused-ring (bicyclic) bond motifs is 1. The predicted molar refractivity (Wildman–Crippen MR) is 56.0 cm³/mol. The highest BCUT2D eigenvalue weighted by atomic mass is 19.4. The van der Waals surface area contributed by atoms with Gasteiger partial charge in [0.15, 0.2) is 0 Å². The van der Waals surface area contributed by atoms with Gasteiger partial charge in [-0.2, -0.15) is 13.2 Å². The molecule has 0 aliphatic carbocycles. The minimum absolute atomic E-state index is 0.181. The third-order valence-electron chi connectivity index (χ3n) is 2.85. The van der Waals surface area contributed by atoms with Gasteiger partial charge >= 0.3 is 6.18 Å². The van der Waals surface area contributed by atoms with Gasteiger partial charge in [0.25, 0.3) is 0 Å². The molecule has 0 spiro atoms. The van der Waals surface area contributed by atoms with Gasteiger partial charge < -0.3 is 9.84 Å². The van der Waals surface area contributed by atoms with Crippen molar-refractivity contribution in [1.82, 2.24) is 0 Å². The number of halogens is 3. The average Bonchev–Trinajstić information content (AvgIpc) is 2.59. The lowest BCUT2D eigenvalue weighted by Crippen LogP contribution is -2.14. The highest BCUT2D eigenvalue weighted by Crippen LogP contribution is 2.44. The number of aliphatic hydroxyl groups is 1. The fraction of sp³-hybridized carbons (Fsp3) is 0.500. The van der Waals surface area contributed by atoms with Gasteiger partial charge in [-0.05, 0) is 25.5 Å². The second kappa shape index (κ2) is 4.22. The largest absolute Gasteiger partial charge is 0.493 e. The van der Waals surface area contributed by atoms with Crippen LogP contribution >= 0.6 is 0 Å². The number of hydrogen-bond donors (Lipinski definition) is 1. The highest BCUT2D eigenvalue weighted by Gasteiger charge is 2.39. The Balaban J connectivity index is 2.42. The summed E-state index contributed by atoms with van der Waals surface area (Å²) in [6.07, 6.45) is -4.74. The van der Waals surface area contributed by atoms with Crippen LogP contribution in [0.1, 0.15) is 30.4 Å². The van der Waals surface area contributed by atoms with E-state index in [4.69, 9.17) is 4.74 Å². The molecule has 0 radical (unpaired) electrons. The van der Waals surface area contributed by atoms with Crippen molar-refractivity contribution >= 4 is 0 Å². The smallest absolute Gasteiger partial charge is 0.416 e. The molecule has 5 heteroatoms. The zero-order chi connectivity index (χ0) is 12.6. The fourth-order valence-electron chi connectivity index (χ4n) is 2.21. The quantitative estimate of drug-likeness (QED) is 0.869. The molecule has 2 unspecified atom stereocenters. The molecule has 2 nitrogen and oxygen atoms in total. The first-order chi connectivity index (χ1) is 7.89. The first-order valence-electron chi connectivity index (χ1n) is 5.40. The van der Waals surface area contributed by atoms with Gasteiger partial charge in [0.2, 0.25) is 0 Å². The Kier molecular flexibility index (Phi) is 3.03. The summed E-state index contributed by atoms with van der Waals surface area (Å²) in [4.78, 5) is 0. The van der Waals surface area contributed by atoms with Crippen LogP contribution in [0.4, 0.5) is 13.2 Å². The van der Waals surface area contributed by atoms with Crippen LogP contribution in [0.5, 0.6) is 5.75 Å². The van der Waals surface area contributed by atoms with Gasteiger partial charge in [0.05, 0.1) is 18.3 Å². The summed E-state index contributed by atoms with van der Waals surface area (Å²) in [6, 6.07) is 3.93. The van der Waals surface area contributed by atoms with Crippen LogP contribution in [0.2, 0.25) is 0 Å². The van der Waals surface area contributed by atoms with Crippen molar-refractivity contribution in [3.63, 3.8) is 0 Å².